The Balaban J connectivity index is 1.75. The topological polar surface area (TPSA) is 72.9 Å². The molecule has 1 fully saturated rings. The third-order valence-corrected chi connectivity index (χ3v) is 12.4. The predicted molar refractivity (Wildman–Crippen MR) is 185 cm³/mol. The van der Waals surface area contributed by atoms with Crippen molar-refractivity contribution in [3.8, 4) is 0 Å². The summed E-state index contributed by atoms with van der Waals surface area (Å²) in [5, 5.41) is 2.64. The fourth-order valence-corrected chi connectivity index (χ4v) is 10.2. The minimum absolute atomic E-state index is 0.193. The Bertz CT molecular complexity index is 1630. The maximum atomic E-state index is 14.6. The number of carbonyl (C=O) groups is 3. The van der Waals surface area contributed by atoms with E-state index in [4.69, 9.17) is 21.7 Å². The summed E-state index contributed by atoms with van der Waals surface area (Å²) in [4.78, 5) is 43.2. The van der Waals surface area contributed by atoms with Crippen LogP contribution in [0.25, 0.3) is 0 Å². The number of hydrogen-bond acceptors (Lipinski definition) is 6. The van der Waals surface area contributed by atoms with E-state index in [0.29, 0.717) is 11.3 Å². The fraction of sp³-hybridized carbons (Fsp3) is 0.216. The zero-order valence-corrected chi connectivity index (χ0v) is 27.3. The van der Waals surface area contributed by atoms with E-state index in [1.165, 1.54) is 0 Å². The van der Waals surface area contributed by atoms with Crippen LogP contribution in [0.4, 0.5) is 0 Å². The molecule has 8 heteroatoms. The molecule has 6 nitrogen and oxygen atoms in total. The number of carbonyl (C=O) groups excluding carboxylic acids is 3. The second kappa shape index (κ2) is 13.8. The number of benzene rings is 4. The van der Waals surface area contributed by atoms with Gasteiger partial charge in [0.2, 0.25) is 12.7 Å². The van der Waals surface area contributed by atoms with Crippen molar-refractivity contribution in [3.05, 3.63) is 127 Å². The van der Waals surface area contributed by atoms with Gasteiger partial charge in [-0.3, -0.25) is 9.59 Å². The number of likely N-dealkylation sites (tertiary alicyclic amines) is 1. The molecule has 1 unspecified atom stereocenters. The molecule has 1 atom stereocenters. The van der Waals surface area contributed by atoms with Crippen LogP contribution in [0.1, 0.15) is 39.2 Å². The van der Waals surface area contributed by atoms with Crippen LogP contribution in [0.2, 0.25) is 0 Å². The molecule has 0 saturated carbocycles. The second-order valence-electron chi connectivity index (χ2n) is 11.8. The lowest BCUT2D eigenvalue weighted by atomic mass is 9.94. The fourth-order valence-electron chi connectivity index (χ4n) is 5.48. The molecule has 0 N–H and O–H groups in total. The van der Waals surface area contributed by atoms with Crippen LogP contribution in [0, 0.1) is 5.41 Å². The highest BCUT2D eigenvalue weighted by atomic mass is 32.1. The van der Waals surface area contributed by atoms with Crippen LogP contribution in [0.3, 0.4) is 0 Å². The van der Waals surface area contributed by atoms with Gasteiger partial charge in [0.25, 0.3) is 0 Å². The van der Waals surface area contributed by atoms with E-state index in [0.717, 1.165) is 21.5 Å². The molecular weight excluding hydrogens is 601 g/mol. The third kappa shape index (κ3) is 6.70. The first-order valence-corrected chi connectivity index (χ1v) is 17.0. The first-order chi connectivity index (χ1) is 21.6. The standard InChI is InChI=1S/C37H36NO5PS/c1-37(2,3)36(41)43-26-42-35(40)34(38-28(25-33(38)39)24-32(45)27-16-8-4-9-17-27)44(29-18-10-5-11-19-29,30-20-12-6-13-21-30)31-22-14-7-15-23-31/h4-23,28H,24-26H2,1-3H3. The molecule has 0 aromatic heterocycles. The van der Waals surface area contributed by atoms with Crippen molar-refractivity contribution in [1.82, 2.24) is 4.90 Å². The lowest BCUT2D eigenvalue weighted by Crippen LogP contribution is -2.60. The highest BCUT2D eigenvalue weighted by Crippen LogP contribution is 2.49. The lowest BCUT2D eigenvalue weighted by Gasteiger charge is -2.45. The van der Waals surface area contributed by atoms with Gasteiger partial charge in [0.1, 0.15) is 5.42 Å². The first kappa shape index (κ1) is 32.1. The van der Waals surface area contributed by atoms with Gasteiger partial charge in [-0.15, -0.1) is 0 Å². The molecule has 1 aliphatic heterocycles. The summed E-state index contributed by atoms with van der Waals surface area (Å²) < 4.78 is 11.1. The van der Waals surface area contributed by atoms with Crippen molar-refractivity contribution in [2.75, 3.05) is 6.79 Å². The summed E-state index contributed by atoms with van der Waals surface area (Å²) in [6.07, 6.45) is 0.639. The van der Waals surface area contributed by atoms with Crippen molar-refractivity contribution in [2.24, 2.45) is 5.41 Å². The van der Waals surface area contributed by atoms with Gasteiger partial charge >= 0.3 is 11.9 Å². The van der Waals surface area contributed by atoms with E-state index in [1.54, 1.807) is 25.7 Å². The normalized spacial score (nSPS) is 14.7. The smallest absolute Gasteiger partial charge is 0.358 e. The summed E-state index contributed by atoms with van der Waals surface area (Å²) in [7, 11) is 0. The Morgan fingerprint density at radius 1 is 0.756 bits per heavy atom. The number of esters is 2. The molecule has 1 aliphatic rings. The molecule has 0 bridgehead atoms. The van der Waals surface area contributed by atoms with Crippen LogP contribution in [0.5, 0.6) is 0 Å². The Morgan fingerprint density at radius 3 is 1.62 bits per heavy atom. The second-order valence-corrected chi connectivity index (χ2v) is 15.7. The van der Waals surface area contributed by atoms with E-state index in [9.17, 15) is 14.4 Å². The number of β-lactam (4-membered cyclic amide) rings is 1. The molecule has 1 amide bonds. The molecule has 0 aliphatic carbocycles. The summed E-state index contributed by atoms with van der Waals surface area (Å²) in [5.74, 6) is -1.41. The van der Waals surface area contributed by atoms with E-state index in [2.05, 4.69) is 0 Å². The number of rotatable bonds is 10. The van der Waals surface area contributed by atoms with Gasteiger partial charge in [-0.1, -0.05) is 134 Å². The average Bonchev–Trinajstić information content (AvgIpc) is 3.05. The van der Waals surface area contributed by atoms with Gasteiger partial charge in [0.05, 0.1) is 11.5 Å². The zero-order valence-electron chi connectivity index (χ0n) is 25.6. The van der Waals surface area contributed by atoms with E-state index < -0.39 is 31.0 Å². The molecule has 4 aromatic rings. The molecule has 0 radical (unpaired) electrons. The van der Waals surface area contributed by atoms with Crippen LogP contribution in [-0.4, -0.2) is 45.9 Å². The monoisotopic (exact) mass is 637 g/mol. The van der Waals surface area contributed by atoms with Crippen molar-refractivity contribution >= 4 is 63.1 Å². The Kier molecular flexibility index (Phi) is 9.81. The SMILES string of the molecule is CC(C)(C)C(=O)OCOC(=O)C(N1C(=O)CC1CC(=S)c1ccccc1)=P(c1ccccc1)(c1ccccc1)c1ccccc1. The van der Waals surface area contributed by atoms with Crippen LogP contribution in [0.15, 0.2) is 121 Å². The van der Waals surface area contributed by atoms with Gasteiger partial charge in [0.15, 0.2) is 0 Å². The molecular formula is C37H36NO5PS. The van der Waals surface area contributed by atoms with Gasteiger partial charge in [0, 0.05) is 24.6 Å². The quantitative estimate of drug-likeness (QED) is 0.0563. The summed E-state index contributed by atoms with van der Waals surface area (Å²) >= 11 is 5.84. The van der Waals surface area contributed by atoms with E-state index >= 15 is 0 Å². The molecule has 0 spiro atoms. The molecule has 45 heavy (non-hydrogen) atoms. The first-order valence-electron chi connectivity index (χ1n) is 14.8. The van der Waals surface area contributed by atoms with Crippen molar-refractivity contribution in [1.29, 1.82) is 0 Å². The van der Waals surface area contributed by atoms with Gasteiger partial charge in [-0.25, -0.2) is 4.79 Å². The lowest BCUT2D eigenvalue weighted by molar-refractivity contribution is -0.170. The number of ether oxygens (including phenoxy) is 2. The van der Waals surface area contributed by atoms with Crippen LogP contribution >= 0.6 is 19.1 Å². The minimum Gasteiger partial charge on any atom is -0.427 e. The molecule has 1 heterocycles. The van der Waals surface area contributed by atoms with Crippen molar-refractivity contribution in [3.63, 3.8) is 0 Å². The molecule has 4 aromatic carbocycles. The summed E-state index contributed by atoms with van der Waals surface area (Å²) in [6, 6.07) is 38.7. The predicted octanol–water partition coefficient (Wildman–Crippen LogP) is 5.61. The minimum atomic E-state index is -3.06. The van der Waals surface area contributed by atoms with E-state index in [-0.39, 0.29) is 23.8 Å². The van der Waals surface area contributed by atoms with Crippen molar-refractivity contribution in [2.45, 2.75) is 39.7 Å². The van der Waals surface area contributed by atoms with Gasteiger partial charge in [-0.2, -0.15) is 0 Å². The number of hydrogen-bond donors (Lipinski definition) is 0. The Morgan fingerprint density at radius 2 is 1.20 bits per heavy atom. The molecule has 5 rings (SSSR count). The van der Waals surface area contributed by atoms with Crippen LogP contribution < -0.4 is 15.9 Å². The molecule has 1 saturated heterocycles. The Labute approximate surface area is 270 Å². The summed E-state index contributed by atoms with van der Waals surface area (Å²) in [6.45, 7) is 1.54. The van der Waals surface area contributed by atoms with Gasteiger partial charge < -0.3 is 14.4 Å². The zero-order chi connectivity index (χ0) is 32.0. The molecule has 230 valence electrons. The third-order valence-electron chi connectivity index (χ3n) is 7.71. The number of amides is 1. The highest BCUT2D eigenvalue weighted by molar-refractivity contribution is 7.96. The number of thiocarbonyl (C=S) groups is 1. The van der Waals surface area contributed by atoms with Gasteiger partial charge in [-0.05, 0) is 42.2 Å². The Hall–Kier alpha value is -4.32. The van der Waals surface area contributed by atoms with Crippen LogP contribution in [-0.2, 0) is 23.9 Å². The summed E-state index contributed by atoms with van der Waals surface area (Å²) in [5.41, 5.74) is 0.356. The maximum Gasteiger partial charge on any atom is 0.358 e. The highest BCUT2D eigenvalue weighted by Gasteiger charge is 2.47. The number of nitrogens with zero attached hydrogens (tertiary/aromatic N) is 1. The average molecular weight is 638 g/mol. The maximum absolute atomic E-state index is 14.6. The van der Waals surface area contributed by atoms with E-state index in [1.807, 2.05) is 121 Å². The van der Waals surface area contributed by atoms with Crippen molar-refractivity contribution < 1.29 is 23.9 Å². The largest absolute Gasteiger partial charge is 0.427 e.